The molecule has 1 atom stereocenters. The number of H-pyrrole nitrogens is 1. The second-order valence-corrected chi connectivity index (χ2v) is 6.78. The monoisotopic (exact) mass is 357 g/mol. The predicted molar refractivity (Wildman–Crippen MR) is 95.8 cm³/mol. The fourth-order valence-corrected chi connectivity index (χ4v) is 3.49. The summed E-state index contributed by atoms with van der Waals surface area (Å²) < 4.78 is 5.34. The van der Waals surface area contributed by atoms with E-state index < -0.39 is 0 Å². The number of pyridine rings is 1. The third kappa shape index (κ3) is 3.71. The van der Waals surface area contributed by atoms with E-state index in [1.807, 2.05) is 17.0 Å². The molecule has 2 fully saturated rings. The summed E-state index contributed by atoms with van der Waals surface area (Å²) in [5.41, 5.74) is 1.05. The number of carbonyl (C=O) groups is 2. The van der Waals surface area contributed by atoms with Crippen LogP contribution in [0.4, 0.5) is 0 Å². The van der Waals surface area contributed by atoms with E-state index in [2.05, 4.69) is 20.2 Å². The number of ether oxygens (including phenoxy) is 1. The number of likely N-dealkylation sites (tertiary alicyclic amines) is 1. The van der Waals surface area contributed by atoms with E-state index in [1.165, 1.54) is 0 Å². The quantitative estimate of drug-likeness (QED) is 0.799. The minimum atomic E-state index is -0.241. The fraction of sp³-hybridized carbons (Fsp3) is 0.500. The first-order chi connectivity index (χ1) is 12.7. The molecule has 2 aliphatic heterocycles. The van der Waals surface area contributed by atoms with Crippen LogP contribution in [0, 0.1) is 0 Å². The largest absolute Gasteiger partial charge is 0.379 e. The van der Waals surface area contributed by atoms with Crippen molar-refractivity contribution in [2.24, 2.45) is 0 Å². The Kier molecular flexibility index (Phi) is 4.85. The summed E-state index contributed by atoms with van der Waals surface area (Å²) >= 11 is 0. The van der Waals surface area contributed by atoms with Crippen LogP contribution >= 0.6 is 0 Å². The lowest BCUT2D eigenvalue weighted by molar-refractivity contribution is -0.128. The van der Waals surface area contributed by atoms with Gasteiger partial charge in [0.25, 0.3) is 5.91 Å². The van der Waals surface area contributed by atoms with Crippen LogP contribution in [0.3, 0.4) is 0 Å². The maximum absolute atomic E-state index is 12.4. The van der Waals surface area contributed by atoms with Crippen molar-refractivity contribution in [1.29, 1.82) is 0 Å². The van der Waals surface area contributed by atoms with Gasteiger partial charge in [-0.1, -0.05) is 0 Å². The highest BCUT2D eigenvalue weighted by Gasteiger charge is 2.31. The Labute approximate surface area is 151 Å². The molecule has 2 aromatic rings. The molecule has 26 heavy (non-hydrogen) atoms. The van der Waals surface area contributed by atoms with Crippen molar-refractivity contribution >= 4 is 22.8 Å². The number of fused-ring (bicyclic) bond motifs is 1. The number of rotatable bonds is 5. The molecule has 4 heterocycles. The van der Waals surface area contributed by atoms with Gasteiger partial charge in [0.05, 0.1) is 19.3 Å². The van der Waals surface area contributed by atoms with Crippen LogP contribution in [-0.4, -0.2) is 83.6 Å². The summed E-state index contributed by atoms with van der Waals surface area (Å²) in [6.45, 7) is 5.43. The van der Waals surface area contributed by atoms with Gasteiger partial charge < -0.3 is 19.9 Å². The summed E-state index contributed by atoms with van der Waals surface area (Å²) in [4.78, 5) is 36.1. The molecule has 0 bridgehead atoms. The second kappa shape index (κ2) is 7.43. The normalized spacial score (nSPS) is 21.5. The summed E-state index contributed by atoms with van der Waals surface area (Å²) in [5, 5.41) is 3.90. The second-order valence-electron chi connectivity index (χ2n) is 6.78. The third-order valence-electron chi connectivity index (χ3n) is 4.98. The lowest BCUT2D eigenvalue weighted by Crippen LogP contribution is -2.43. The van der Waals surface area contributed by atoms with Crippen molar-refractivity contribution in [3.63, 3.8) is 0 Å². The van der Waals surface area contributed by atoms with E-state index in [0.29, 0.717) is 30.9 Å². The molecule has 1 unspecified atom stereocenters. The highest BCUT2D eigenvalue weighted by atomic mass is 16.5. The van der Waals surface area contributed by atoms with Gasteiger partial charge in [0.15, 0.2) is 0 Å². The first-order valence-electron chi connectivity index (χ1n) is 9.02. The number of aromatic amines is 1. The molecule has 0 aliphatic carbocycles. The van der Waals surface area contributed by atoms with E-state index >= 15 is 0 Å². The van der Waals surface area contributed by atoms with Crippen molar-refractivity contribution in [3.05, 3.63) is 30.1 Å². The molecule has 2 N–H and O–H groups in total. The molecule has 138 valence electrons. The van der Waals surface area contributed by atoms with Gasteiger partial charge >= 0.3 is 0 Å². The Morgan fingerprint density at radius 1 is 1.27 bits per heavy atom. The average molecular weight is 357 g/mol. The number of hydrogen-bond acceptors (Lipinski definition) is 5. The SMILES string of the molecule is O=C(NC1CC(=O)N(CCN2CCOCC2)C1)c1ccc2cc[nH]c2n1. The Morgan fingerprint density at radius 2 is 2.12 bits per heavy atom. The van der Waals surface area contributed by atoms with Gasteiger partial charge in [-0.15, -0.1) is 0 Å². The Balaban J connectivity index is 1.30. The van der Waals surface area contributed by atoms with E-state index in [1.54, 1.807) is 12.3 Å². The van der Waals surface area contributed by atoms with Crippen LogP contribution in [0.2, 0.25) is 0 Å². The molecule has 2 amide bonds. The Morgan fingerprint density at radius 3 is 2.96 bits per heavy atom. The van der Waals surface area contributed by atoms with Crippen molar-refractivity contribution in [3.8, 4) is 0 Å². The van der Waals surface area contributed by atoms with Crippen molar-refractivity contribution in [2.75, 3.05) is 45.9 Å². The molecule has 8 heteroatoms. The average Bonchev–Trinajstić information content (AvgIpc) is 3.26. The van der Waals surface area contributed by atoms with Crippen LogP contribution in [-0.2, 0) is 9.53 Å². The third-order valence-corrected chi connectivity index (χ3v) is 4.98. The molecule has 0 spiro atoms. The molecule has 0 aromatic carbocycles. The van der Waals surface area contributed by atoms with Crippen LogP contribution in [0.15, 0.2) is 24.4 Å². The molecule has 2 aliphatic rings. The fourth-order valence-electron chi connectivity index (χ4n) is 3.49. The van der Waals surface area contributed by atoms with E-state index in [9.17, 15) is 9.59 Å². The maximum atomic E-state index is 12.4. The van der Waals surface area contributed by atoms with Crippen LogP contribution in [0.25, 0.3) is 11.0 Å². The van der Waals surface area contributed by atoms with Crippen LogP contribution in [0.5, 0.6) is 0 Å². The summed E-state index contributed by atoms with van der Waals surface area (Å²) in [6.07, 6.45) is 2.14. The zero-order valence-electron chi connectivity index (χ0n) is 14.6. The molecule has 4 rings (SSSR count). The van der Waals surface area contributed by atoms with Gasteiger partial charge in [-0.3, -0.25) is 14.5 Å². The number of amides is 2. The van der Waals surface area contributed by atoms with E-state index in [0.717, 1.165) is 38.2 Å². The van der Waals surface area contributed by atoms with Gasteiger partial charge in [0.1, 0.15) is 11.3 Å². The number of nitrogens with zero attached hydrogens (tertiary/aromatic N) is 3. The number of hydrogen-bond donors (Lipinski definition) is 2. The topological polar surface area (TPSA) is 90.6 Å². The highest BCUT2D eigenvalue weighted by molar-refractivity contribution is 5.95. The van der Waals surface area contributed by atoms with Gasteiger partial charge in [0.2, 0.25) is 5.91 Å². The molecule has 2 aromatic heterocycles. The zero-order chi connectivity index (χ0) is 17.9. The summed E-state index contributed by atoms with van der Waals surface area (Å²) in [5.74, 6) is -0.148. The molecular formula is C18H23N5O3. The summed E-state index contributed by atoms with van der Waals surface area (Å²) in [7, 11) is 0. The smallest absolute Gasteiger partial charge is 0.270 e. The maximum Gasteiger partial charge on any atom is 0.270 e. The first-order valence-corrected chi connectivity index (χ1v) is 9.02. The minimum Gasteiger partial charge on any atom is -0.379 e. The lowest BCUT2D eigenvalue weighted by atomic mass is 10.2. The number of morpholine rings is 1. The minimum absolute atomic E-state index is 0.0938. The van der Waals surface area contributed by atoms with Crippen molar-refractivity contribution in [2.45, 2.75) is 12.5 Å². The Hall–Kier alpha value is -2.45. The molecular weight excluding hydrogens is 334 g/mol. The Bertz CT molecular complexity index is 799. The van der Waals surface area contributed by atoms with Gasteiger partial charge in [-0.05, 0) is 18.2 Å². The molecule has 0 saturated carbocycles. The lowest BCUT2D eigenvalue weighted by Gasteiger charge is -2.28. The van der Waals surface area contributed by atoms with Gasteiger partial charge in [-0.25, -0.2) is 4.98 Å². The summed E-state index contributed by atoms with van der Waals surface area (Å²) in [6, 6.07) is 5.31. The zero-order valence-corrected chi connectivity index (χ0v) is 14.6. The van der Waals surface area contributed by atoms with E-state index in [-0.39, 0.29) is 17.9 Å². The van der Waals surface area contributed by atoms with Crippen molar-refractivity contribution in [1.82, 2.24) is 25.1 Å². The van der Waals surface area contributed by atoms with Crippen LogP contribution in [0.1, 0.15) is 16.9 Å². The molecule has 2 saturated heterocycles. The molecule has 8 nitrogen and oxygen atoms in total. The number of carbonyl (C=O) groups excluding carboxylic acids is 2. The van der Waals surface area contributed by atoms with Gasteiger partial charge in [0, 0.05) is 50.7 Å². The van der Waals surface area contributed by atoms with Gasteiger partial charge in [-0.2, -0.15) is 0 Å². The predicted octanol–water partition coefficient (Wildman–Crippen LogP) is 0.226. The van der Waals surface area contributed by atoms with Crippen LogP contribution < -0.4 is 5.32 Å². The first kappa shape index (κ1) is 17.0. The van der Waals surface area contributed by atoms with Crippen molar-refractivity contribution < 1.29 is 14.3 Å². The standard InChI is InChI=1S/C18H23N5O3/c24-16-11-14(12-23(16)6-5-22-7-9-26-10-8-22)20-18(25)15-2-1-13-3-4-19-17(13)21-15/h1-4,14H,5-12H2,(H,19,21)(H,20,25). The number of aromatic nitrogens is 2. The number of nitrogens with one attached hydrogen (secondary N) is 2. The highest BCUT2D eigenvalue weighted by Crippen LogP contribution is 2.14. The van der Waals surface area contributed by atoms with E-state index in [4.69, 9.17) is 4.74 Å². The molecule has 0 radical (unpaired) electrons.